The normalized spacial score (nSPS) is 25.0. The zero-order valence-corrected chi connectivity index (χ0v) is 15.5. The first-order valence-corrected chi connectivity index (χ1v) is 8.18. The van der Waals surface area contributed by atoms with Crippen molar-refractivity contribution in [2.45, 2.75) is 5.72 Å². The fourth-order valence-corrected chi connectivity index (χ4v) is 3.88. The Morgan fingerprint density at radius 1 is 1.43 bits per heavy atom. The molecule has 0 radical (unpaired) electrons. The Kier molecular flexibility index (Phi) is 5.54. The summed E-state index contributed by atoms with van der Waals surface area (Å²) in [5.74, 6) is 0.607. The van der Waals surface area contributed by atoms with E-state index < -0.39 is 5.72 Å². The van der Waals surface area contributed by atoms with Gasteiger partial charge in [-0.05, 0) is 12.1 Å². The van der Waals surface area contributed by atoms with Gasteiger partial charge in [-0.2, -0.15) is 0 Å². The van der Waals surface area contributed by atoms with Gasteiger partial charge in [-0.1, -0.05) is 45.9 Å². The minimum Gasteiger partial charge on any atom is -0.366 e. The van der Waals surface area contributed by atoms with Crippen molar-refractivity contribution < 1.29 is 5.11 Å². The minimum absolute atomic E-state index is 0. The predicted molar refractivity (Wildman–Crippen MR) is 96.7 cm³/mol. The molecule has 2 aliphatic heterocycles. The van der Waals surface area contributed by atoms with Crippen LogP contribution in [0.2, 0.25) is 0 Å². The highest BCUT2D eigenvalue weighted by Gasteiger charge is 2.46. The fraction of sp³-hybridized carbons (Fsp3) is 0.357. The molecular weight excluding hydrogens is 418 g/mol. The predicted octanol–water partition coefficient (Wildman–Crippen LogP) is 2.99. The Hall–Kier alpha value is -0.340. The summed E-state index contributed by atoms with van der Waals surface area (Å²) in [4.78, 5) is 8.67. The number of hydrogen-bond donors (Lipinski definition) is 1. The zero-order valence-electron chi connectivity index (χ0n) is 11.4. The van der Waals surface area contributed by atoms with Crippen LogP contribution in [0.1, 0.15) is 5.56 Å². The molecule has 114 valence electrons. The lowest BCUT2D eigenvalue weighted by atomic mass is 10.0. The number of aliphatic hydroxyl groups is 1. The summed E-state index contributed by atoms with van der Waals surface area (Å²) in [6, 6.07) is 7.83. The van der Waals surface area contributed by atoms with E-state index in [-0.39, 0.29) is 17.0 Å². The third-order valence-corrected chi connectivity index (χ3v) is 5.20. The van der Waals surface area contributed by atoms with Gasteiger partial charge < -0.3 is 10.0 Å². The van der Waals surface area contributed by atoms with Crippen LogP contribution in [0, 0.1) is 0 Å². The summed E-state index contributed by atoms with van der Waals surface area (Å²) >= 11 is 5.04. The molecule has 2 aliphatic rings. The van der Waals surface area contributed by atoms with Crippen LogP contribution in [0.25, 0.3) is 0 Å². The lowest BCUT2D eigenvalue weighted by Gasteiger charge is -2.39. The van der Waals surface area contributed by atoms with Gasteiger partial charge in [0.15, 0.2) is 10.9 Å². The summed E-state index contributed by atoms with van der Waals surface area (Å²) < 4.78 is 1.01. The van der Waals surface area contributed by atoms with Gasteiger partial charge in [0.1, 0.15) is 0 Å². The van der Waals surface area contributed by atoms with Crippen molar-refractivity contribution in [2.24, 2.45) is 4.99 Å². The summed E-state index contributed by atoms with van der Waals surface area (Å²) in [6.07, 6.45) is 1.86. The first-order chi connectivity index (χ1) is 9.63. The largest absolute Gasteiger partial charge is 0.366 e. The van der Waals surface area contributed by atoms with Gasteiger partial charge in [0.25, 0.3) is 0 Å². The Balaban J connectivity index is 0.00000161. The third-order valence-electron chi connectivity index (χ3n) is 3.52. The molecule has 1 aromatic rings. The van der Waals surface area contributed by atoms with Gasteiger partial charge in [-0.15, -0.1) is 23.6 Å². The van der Waals surface area contributed by atoms with Gasteiger partial charge in [0, 0.05) is 16.6 Å². The van der Waals surface area contributed by atoms with Crippen LogP contribution in [-0.4, -0.2) is 45.7 Å². The van der Waals surface area contributed by atoms with E-state index in [0.29, 0.717) is 19.1 Å². The first kappa shape index (κ1) is 17.0. The Morgan fingerprint density at radius 3 is 2.81 bits per heavy atom. The van der Waals surface area contributed by atoms with E-state index in [9.17, 15) is 5.11 Å². The van der Waals surface area contributed by atoms with Gasteiger partial charge in [0.05, 0.1) is 19.1 Å². The van der Waals surface area contributed by atoms with E-state index in [4.69, 9.17) is 0 Å². The number of fused-ring (bicyclic) bond motifs is 1. The topological polar surface area (TPSA) is 39.1 Å². The number of halogens is 2. The number of amidine groups is 1. The molecule has 0 bridgehead atoms. The van der Waals surface area contributed by atoms with Crippen molar-refractivity contribution in [3.05, 3.63) is 47.0 Å². The molecule has 7 heteroatoms. The Labute approximate surface area is 147 Å². The summed E-state index contributed by atoms with van der Waals surface area (Å²) in [5, 5.41) is 12.0. The monoisotopic (exact) mass is 433 g/mol. The highest BCUT2D eigenvalue weighted by molar-refractivity contribution is 9.10. The second-order valence-corrected chi connectivity index (χ2v) is 6.76. The summed E-state index contributed by atoms with van der Waals surface area (Å²) in [5.41, 5.74) is -0.0804. The standard InChI is InChI=1S/C14H16BrN3OS.BrH/c1-2-7-17-9-16-13-18(10-17)14(19,8-20-13)11-3-5-12(15)6-4-11;/h2-6,19H,1,7-10H2;1H. The van der Waals surface area contributed by atoms with Gasteiger partial charge in [-0.25, -0.2) is 4.99 Å². The van der Waals surface area contributed by atoms with Crippen molar-refractivity contribution >= 4 is 49.8 Å². The molecule has 1 atom stereocenters. The van der Waals surface area contributed by atoms with Crippen molar-refractivity contribution in [1.29, 1.82) is 0 Å². The van der Waals surface area contributed by atoms with E-state index >= 15 is 0 Å². The van der Waals surface area contributed by atoms with Crippen molar-refractivity contribution in [2.75, 3.05) is 25.6 Å². The average molecular weight is 435 g/mol. The molecular formula is C14H17Br2N3OS. The minimum atomic E-state index is -0.982. The number of aliphatic imine (C=N–C) groups is 1. The lowest BCUT2D eigenvalue weighted by Crippen LogP contribution is -2.52. The van der Waals surface area contributed by atoms with E-state index in [0.717, 1.165) is 21.7 Å². The molecule has 3 rings (SSSR count). The van der Waals surface area contributed by atoms with Crippen LogP contribution in [-0.2, 0) is 5.72 Å². The van der Waals surface area contributed by atoms with Crippen LogP contribution in [0.5, 0.6) is 0 Å². The molecule has 1 unspecified atom stereocenters. The van der Waals surface area contributed by atoms with E-state index in [1.165, 1.54) is 0 Å². The molecule has 0 saturated carbocycles. The smallest absolute Gasteiger partial charge is 0.176 e. The maximum absolute atomic E-state index is 11.1. The van der Waals surface area contributed by atoms with Gasteiger partial charge >= 0.3 is 0 Å². The summed E-state index contributed by atoms with van der Waals surface area (Å²) in [6.45, 7) is 5.87. The van der Waals surface area contributed by atoms with Crippen LogP contribution < -0.4 is 0 Å². The SMILES string of the molecule is Br.C=CCN1CN=C2SCC(O)(c3ccc(Br)cc3)N2C1. The maximum atomic E-state index is 11.1. The van der Waals surface area contributed by atoms with Crippen molar-refractivity contribution in [3.8, 4) is 0 Å². The Morgan fingerprint density at radius 2 is 2.14 bits per heavy atom. The maximum Gasteiger partial charge on any atom is 0.176 e. The fourth-order valence-electron chi connectivity index (χ4n) is 2.45. The van der Waals surface area contributed by atoms with E-state index in [1.54, 1.807) is 11.8 Å². The van der Waals surface area contributed by atoms with Crippen LogP contribution in [0.4, 0.5) is 0 Å². The molecule has 2 heterocycles. The highest BCUT2D eigenvalue weighted by atomic mass is 79.9. The number of rotatable bonds is 3. The van der Waals surface area contributed by atoms with Gasteiger partial charge in [-0.3, -0.25) is 4.90 Å². The molecule has 0 aromatic heterocycles. The molecule has 0 amide bonds. The molecule has 1 saturated heterocycles. The van der Waals surface area contributed by atoms with Crippen LogP contribution >= 0.6 is 44.7 Å². The summed E-state index contributed by atoms with van der Waals surface area (Å²) in [7, 11) is 0. The molecule has 21 heavy (non-hydrogen) atoms. The van der Waals surface area contributed by atoms with E-state index in [1.807, 2.05) is 35.2 Å². The molecule has 0 spiro atoms. The zero-order chi connectivity index (χ0) is 14.2. The molecule has 4 nitrogen and oxygen atoms in total. The van der Waals surface area contributed by atoms with Crippen LogP contribution in [0.3, 0.4) is 0 Å². The first-order valence-electron chi connectivity index (χ1n) is 6.40. The second kappa shape index (κ2) is 6.83. The van der Waals surface area contributed by atoms with Crippen LogP contribution in [0.15, 0.2) is 46.4 Å². The lowest BCUT2D eigenvalue weighted by molar-refractivity contribution is -0.0720. The Bertz CT molecular complexity index is 552. The van der Waals surface area contributed by atoms with Gasteiger partial charge in [0.2, 0.25) is 0 Å². The number of nitrogens with zero attached hydrogens (tertiary/aromatic N) is 3. The third kappa shape index (κ3) is 3.22. The highest BCUT2D eigenvalue weighted by Crippen LogP contribution is 2.40. The average Bonchev–Trinajstić information content (AvgIpc) is 2.79. The second-order valence-electron chi connectivity index (χ2n) is 4.91. The molecule has 1 fully saturated rings. The molecule has 1 N–H and O–H groups in total. The van der Waals surface area contributed by atoms with E-state index in [2.05, 4.69) is 32.4 Å². The quantitative estimate of drug-likeness (QED) is 0.742. The number of thioether (sulfide) groups is 1. The molecule has 1 aromatic carbocycles. The number of benzene rings is 1. The number of hydrogen-bond acceptors (Lipinski definition) is 5. The van der Waals surface area contributed by atoms with Crippen molar-refractivity contribution in [3.63, 3.8) is 0 Å². The molecule has 0 aliphatic carbocycles. The van der Waals surface area contributed by atoms with Crippen molar-refractivity contribution in [1.82, 2.24) is 9.80 Å².